The Bertz CT molecular complexity index is 2390. The zero-order valence-electron chi connectivity index (χ0n) is 31.9. The van der Waals surface area contributed by atoms with Gasteiger partial charge in [0.1, 0.15) is 22.6 Å². The predicted molar refractivity (Wildman–Crippen MR) is 214 cm³/mol. The van der Waals surface area contributed by atoms with Gasteiger partial charge in [-0.15, -0.1) is 0 Å². The third-order valence-electron chi connectivity index (χ3n) is 10.00. The molecule has 0 bridgehead atoms. The Morgan fingerprint density at radius 3 is 2.38 bits per heavy atom. The predicted octanol–water partition coefficient (Wildman–Crippen LogP) is 7.35. The van der Waals surface area contributed by atoms with E-state index in [0.29, 0.717) is 92.0 Å². The summed E-state index contributed by atoms with van der Waals surface area (Å²) in [5.41, 5.74) is 2.81. The molecule has 294 valence electrons. The van der Waals surface area contributed by atoms with E-state index in [1.165, 1.54) is 16.2 Å². The van der Waals surface area contributed by atoms with Crippen LogP contribution >= 0.6 is 23.2 Å². The fourth-order valence-corrected chi connectivity index (χ4v) is 7.48. The third kappa shape index (κ3) is 8.40. The van der Waals surface area contributed by atoms with Gasteiger partial charge >= 0.3 is 6.09 Å². The van der Waals surface area contributed by atoms with Crippen LogP contribution in [0.1, 0.15) is 57.8 Å². The highest BCUT2D eigenvalue weighted by Gasteiger charge is 2.42. The standard InChI is InChI=1S/C41H44Cl2FN7O5/c1-40(2,3)56-39(54)50(22-26-13-15-34(52)46-26)20-24-12-14-31(47-37(24)55-5)30-11-7-10-29(36(30)43)28-9-6-8-27(35(28)42)25-18-32-38(53)49(4)33(48-51(32)21-25)19-45-23-41(44)16-17-41/h6-12,14,18,21,26,45H,13,15-17,19-20,22-23H2,1-5H3,(H,46,52)/t26-/m0/s1. The lowest BCUT2D eigenvalue weighted by Crippen LogP contribution is -2.43. The summed E-state index contributed by atoms with van der Waals surface area (Å²) < 4.78 is 28.6. The van der Waals surface area contributed by atoms with Crippen LogP contribution in [0.3, 0.4) is 0 Å². The summed E-state index contributed by atoms with van der Waals surface area (Å²) in [5, 5.41) is 11.5. The monoisotopic (exact) mass is 803 g/mol. The fraction of sp³-hybridized carbons (Fsp3) is 0.390. The number of hydrogen-bond donors (Lipinski definition) is 2. The van der Waals surface area contributed by atoms with Crippen LogP contribution in [0.2, 0.25) is 10.0 Å². The molecule has 1 atom stereocenters. The lowest BCUT2D eigenvalue weighted by molar-refractivity contribution is -0.119. The van der Waals surface area contributed by atoms with Crippen LogP contribution in [0.5, 0.6) is 5.88 Å². The highest BCUT2D eigenvalue weighted by atomic mass is 35.5. The van der Waals surface area contributed by atoms with Gasteiger partial charge in [0.05, 0.1) is 35.9 Å². The van der Waals surface area contributed by atoms with Gasteiger partial charge in [-0.3, -0.25) is 14.2 Å². The maximum atomic E-state index is 14.1. The second-order valence-electron chi connectivity index (χ2n) is 15.5. The van der Waals surface area contributed by atoms with Crippen LogP contribution in [-0.4, -0.2) is 73.6 Å². The molecule has 1 aliphatic carbocycles. The molecule has 7 rings (SSSR count). The van der Waals surface area contributed by atoms with Gasteiger partial charge in [-0.2, -0.15) is 5.10 Å². The average Bonchev–Trinajstić information content (AvgIpc) is 3.51. The minimum absolute atomic E-state index is 0.0429. The van der Waals surface area contributed by atoms with Gasteiger partial charge in [-0.25, -0.2) is 18.7 Å². The fourth-order valence-electron chi connectivity index (χ4n) is 6.82. The Labute approximate surface area is 333 Å². The molecule has 1 aliphatic heterocycles. The number of ether oxygens (including phenoxy) is 2. The molecule has 56 heavy (non-hydrogen) atoms. The molecule has 2 amide bonds. The number of pyridine rings is 1. The molecule has 12 nitrogen and oxygen atoms in total. The largest absolute Gasteiger partial charge is 0.481 e. The minimum atomic E-state index is -1.16. The zero-order valence-corrected chi connectivity index (χ0v) is 33.4. The van der Waals surface area contributed by atoms with Crippen LogP contribution in [0.15, 0.2) is 65.6 Å². The number of amides is 2. The maximum absolute atomic E-state index is 14.1. The van der Waals surface area contributed by atoms with Crippen molar-refractivity contribution in [2.24, 2.45) is 7.05 Å². The molecule has 0 unspecified atom stereocenters. The Morgan fingerprint density at radius 2 is 1.73 bits per heavy atom. The summed E-state index contributed by atoms with van der Waals surface area (Å²) in [6.07, 6.45) is 3.37. The van der Waals surface area contributed by atoms with Crippen molar-refractivity contribution in [3.05, 3.63) is 92.6 Å². The quantitative estimate of drug-likeness (QED) is 0.134. The number of aromatic nitrogens is 4. The van der Waals surface area contributed by atoms with Crippen molar-refractivity contribution < 1.29 is 23.5 Å². The number of nitrogens with zero attached hydrogens (tertiary/aromatic N) is 5. The Kier molecular flexibility index (Phi) is 10.9. The second-order valence-corrected chi connectivity index (χ2v) is 16.2. The molecule has 2 aliphatic rings. The summed E-state index contributed by atoms with van der Waals surface area (Å²) >= 11 is 14.3. The molecule has 2 fully saturated rings. The minimum Gasteiger partial charge on any atom is -0.481 e. The van der Waals surface area contributed by atoms with Crippen molar-refractivity contribution in [1.82, 2.24) is 34.7 Å². The topological polar surface area (TPSA) is 132 Å². The van der Waals surface area contributed by atoms with E-state index in [1.54, 1.807) is 45.0 Å². The lowest BCUT2D eigenvalue weighted by atomic mass is 9.97. The molecule has 1 saturated heterocycles. The number of methoxy groups -OCH3 is 1. The van der Waals surface area contributed by atoms with Gasteiger partial charge in [0.15, 0.2) is 0 Å². The number of nitrogens with one attached hydrogen (secondary N) is 2. The van der Waals surface area contributed by atoms with E-state index in [9.17, 15) is 18.8 Å². The SMILES string of the molecule is COc1nc(-c2cccc(-c3cccc(-c4cc5c(=O)n(C)c(CNCC6(F)CC6)nn5c4)c3Cl)c2Cl)ccc1CN(C[C@@H]1CCC(=O)N1)C(=O)OC(C)(C)C. The number of halogens is 3. The van der Waals surface area contributed by atoms with Crippen LogP contribution in [-0.2, 0) is 29.7 Å². The zero-order chi connectivity index (χ0) is 39.9. The number of rotatable bonds is 12. The van der Waals surface area contributed by atoms with E-state index in [0.717, 1.165) is 0 Å². The molecule has 4 heterocycles. The van der Waals surface area contributed by atoms with Gasteiger partial charge < -0.3 is 25.0 Å². The van der Waals surface area contributed by atoms with E-state index in [1.807, 2.05) is 48.5 Å². The number of carbonyl (C=O) groups excluding carboxylic acids is 2. The maximum Gasteiger partial charge on any atom is 0.410 e. The molecule has 5 aromatic rings. The average molecular weight is 805 g/mol. The Hall–Kier alpha value is -4.98. The van der Waals surface area contributed by atoms with Crippen molar-refractivity contribution >= 4 is 40.7 Å². The number of alkyl halides is 1. The highest BCUT2D eigenvalue weighted by molar-refractivity contribution is 6.39. The van der Waals surface area contributed by atoms with E-state index in [-0.39, 0.29) is 43.7 Å². The molecule has 0 spiro atoms. The summed E-state index contributed by atoms with van der Waals surface area (Å²) in [5.74, 6) is 0.746. The van der Waals surface area contributed by atoms with E-state index < -0.39 is 17.4 Å². The molecule has 2 aromatic carbocycles. The molecule has 15 heteroatoms. The lowest BCUT2D eigenvalue weighted by Gasteiger charge is -2.29. The van der Waals surface area contributed by atoms with Gasteiger partial charge in [0.25, 0.3) is 5.56 Å². The highest BCUT2D eigenvalue weighted by Crippen LogP contribution is 2.43. The molecule has 2 N–H and O–H groups in total. The first kappa shape index (κ1) is 39.3. The van der Waals surface area contributed by atoms with E-state index >= 15 is 0 Å². The Morgan fingerprint density at radius 1 is 1.05 bits per heavy atom. The number of hydrogen-bond acceptors (Lipinski definition) is 8. The van der Waals surface area contributed by atoms with Crippen LogP contribution in [0, 0.1) is 0 Å². The van der Waals surface area contributed by atoms with Crippen molar-refractivity contribution in [1.29, 1.82) is 0 Å². The van der Waals surface area contributed by atoms with Crippen LogP contribution < -0.4 is 20.9 Å². The van der Waals surface area contributed by atoms with Crippen molar-refractivity contribution in [3.8, 4) is 39.4 Å². The van der Waals surface area contributed by atoms with Gasteiger partial charge in [0.2, 0.25) is 11.8 Å². The summed E-state index contributed by atoms with van der Waals surface area (Å²) in [6, 6.07) is 16.4. The summed E-state index contributed by atoms with van der Waals surface area (Å²) in [6.45, 7) is 6.29. The van der Waals surface area contributed by atoms with Crippen molar-refractivity contribution in [3.63, 3.8) is 0 Å². The first-order chi connectivity index (χ1) is 26.6. The Balaban J connectivity index is 1.16. The van der Waals surface area contributed by atoms with Gasteiger partial charge in [-0.05, 0) is 58.2 Å². The summed E-state index contributed by atoms with van der Waals surface area (Å²) in [7, 11) is 3.16. The molecule has 1 saturated carbocycles. The van der Waals surface area contributed by atoms with E-state index in [2.05, 4.69) is 15.7 Å². The summed E-state index contributed by atoms with van der Waals surface area (Å²) in [4.78, 5) is 44.9. The first-order valence-electron chi connectivity index (χ1n) is 18.5. The first-order valence-corrected chi connectivity index (χ1v) is 19.3. The number of benzene rings is 2. The molecule has 3 aromatic heterocycles. The van der Waals surface area contributed by atoms with Crippen LogP contribution in [0.25, 0.3) is 39.0 Å². The smallest absolute Gasteiger partial charge is 0.410 e. The second kappa shape index (κ2) is 15.5. The molecule has 0 radical (unpaired) electrons. The normalized spacial score (nSPS) is 16.2. The van der Waals surface area contributed by atoms with E-state index in [4.69, 9.17) is 37.7 Å². The third-order valence-corrected chi connectivity index (χ3v) is 10.8. The molecular weight excluding hydrogens is 760 g/mol. The van der Waals surface area contributed by atoms with Gasteiger partial charge in [-0.1, -0.05) is 59.6 Å². The van der Waals surface area contributed by atoms with Crippen LogP contribution in [0.4, 0.5) is 9.18 Å². The van der Waals surface area contributed by atoms with Gasteiger partial charge in [0, 0.05) is 72.2 Å². The number of fused-ring (bicyclic) bond motifs is 1. The molecular formula is C41H44Cl2FN7O5. The van der Waals surface area contributed by atoms with Crippen molar-refractivity contribution in [2.75, 3.05) is 20.2 Å². The van der Waals surface area contributed by atoms with Crippen molar-refractivity contribution in [2.45, 2.75) is 76.9 Å². The number of carbonyl (C=O) groups is 2.